The number of hydrogen-bond donors (Lipinski definition) is 1. The molecule has 1 N–H and O–H groups in total. The summed E-state index contributed by atoms with van der Waals surface area (Å²) in [5, 5.41) is 10.4. The lowest BCUT2D eigenvalue weighted by molar-refractivity contribution is 0.176. The van der Waals surface area contributed by atoms with Crippen molar-refractivity contribution in [1.82, 2.24) is 0 Å². The Kier molecular flexibility index (Phi) is 4.61. The first-order valence-electron chi connectivity index (χ1n) is 6.58. The van der Waals surface area contributed by atoms with E-state index in [1.165, 1.54) is 11.6 Å². The highest BCUT2D eigenvalue weighted by Gasteiger charge is 2.15. The second kappa shape index (κ2) is 6.06. The van der Waals surface area contributed by atoms with Gasteiger partial charge in [-0.05, 0) is 60.7 Å². The highest BCUT2D eigenvalue weighted by molar-refractivity contribution is 9.10. The molecule has 106 valence electrons. The minimum absolute atomic E-state index is 0.280. The first-order valence-corrected chi connectivity index (χ1v) is 7.37. The molecule has 1 atom stereocenters. The van der Waals surface area contributed by atoms with Crippen LogP contribution in [-0.4, -0.2) is 5.11 Å². The number of hydrogen-bond acceptors (Lipinski definition) is 1. The molecule has 0 bridgehead atoms. The fourth-order valence-electron chi connectivity index (χ4n) is 2.35. The topological polar surface area (TPSA) is 20.2 Å². The predicted octanol–water partition coefficient (Wildman–Crippen LogP) is 4.79. The zero-order chi connectivity index (χ0) is 14.9. The van der Waals surface area contributed by atoms with E-state index in [2.05, 4.69) is 22.0 Å². The summed E-state index contributed by atoms with van der Waals surface area (Å²) in [5.74, 6) is -0.292. The molecule has 2 aromatic rings. The molecule has 2 aromatic carbocycles. The zero-order valence-electron chi connectivity index (χ0n) is 11.9. The molecule has 0 radical (unpaired) electrons. The van der Waals surface area contributed by atoms with Crippen LogP contribution >= 0.6 is 15.9 Å². The first kappa shape index (κ1) is 15.2. The van der Waals surface area contributed by atoms with E-state index in [0.29, 0.717) is 10.0 Å². The number of aryl methyl sites for hydroxylation is 3. The van der Waals surface area contributed by atoms with Gasteiger partial charge < -0.3 is 5.11 Å². The average molecular weight is 337 g/mol. The van der Waals surface area contributed by atoms with Crippen LogP contribution < -0.4 is 0 Å². The van der Waals surface area contributed by atoms with Crippen molar-refractivity contribution in [3.05, 3.63) is 68.4 Å². The molecule has 20 heavy (non-hydrogen) atoms. The molecule has 0 saturated carbocycles. The van der Waals surface area contributed by atoms with E-state index in [1.54, 1.807) is 12.1 Å². The lowest BCUT2D eigenvalue weighted by Gasteiger charge is -2.16. The Bertz CT molecular complexity index is 637. The lowest BCUT2D eigenvalue weighted by Crippen LogP contribution is -2.06. The maximum atomic E-state index is 13.8. The van der Waals surface area contributed by atoms with Gasteiger partial charge in [0.1, 0.15) is 5.82 Å². The van der Waals surface area contributed by atoms with E-state index >= 15 is 0 Å². The number of rotatable bonds is 3. The highest BCUT2D eigenvalue weighted by atomic mass is 79.9. The monoisotopic (exact) mass is 336 g/mol. The Morgan fingerprint density at radius 3 is 2.35 bits per heavy atom. The summed E-state index contributed by atoms with van der Waals surface area (Å²) in [6, 6.07) is 8.98. The predicted molar refractivity (Wildman–Crippen MR) is 83.4 cm³/mol. The summed E-state index contributed by atoms with van der Waals surface area (Å²) in [5.41, 5.74) is 4.78. The molecule has 0 aliphatic heterocycles. The third kappa shape index (κ3) is 3.28. The Balaban J connectivity index is 2.28. The molecule has 0 heterocycles. The molecule has 0 aromatic heterocycles. The summed E-state index contributed by atoms with van der Waals surface area (Å²) in [6.07, 6.45) is -0.410. The Labute approximate surface area is 127 Å². The Morgan fingerprint density at radius 1 is 1.05 bits per heavy atom. The van der Waals surface area contributed by atoms with Gasteiger partial charge in [-0.1, -0.05) is 34.1 Å². The molecule has 0 spiro atoms. The summed E-state index contributed by atoms with van der Waals surface area (Å²) < 4.78 is 14.5. The maximum Gasteiger partial charge on any atom is 0.127 e. The van der Waals surface area contributed by atoms with E-state index < -0.39 is 6.10 Å². The Hall–Kier alpha value is -1.19. The standard InChI is InChI=1S/C17H18BrFO/c1-10-6-12(3)15(7-11(10)2)17(20)8-13-4-5-14(18)9-16(13)19/h4-7,9,17,20H,8H2,1-3H3. The first-order chi connectivity index (χ1) is 9.38. The van der Waals surface area contributed by atoms with Gasteiger partial charge in [-0.2, -0.15) is 0 Å². The van der Waals surface area contributed by atoms with E-state index in [1.807, 2.05) is 26.8 Å². The van der Waals surface area contributed by atoms with Gasteiger partial charge in [-0.3, -0.25) is 0 Å². The molecular weight excluding hydrogens is 319 g/mol. The molecule has 2 rings (SSSR count). The summed E-state index contributed by atoms with van der Waals surface area (Å²) in [4.78, 5) is 0. The fraction of sp³-hybridized carbons (Fsp3) is 0.294. The minimum Gasteiger partial charge on any atom is -0.388 e. The SMILES string of the molecule is Cc1cc(C)c(C(O)Cc2ccc(Br)cc2F)cc1C. The number of halogens is 2. The Morgan fingerprint density at radius 2 is 1.70 bits per heavy atom. The van der Waals surface area contributed by atoms with E-state index in [9.17, 15) is 9.50 Å². The normalized spacial score (nSPS) is 12.5. The van der Waals surface area contributed by atoms with Gasteiger partial charge in [-0.15, -0.1) is 0 Å². The van der Waals surface area contributed by atoms with Crippen molar-refractivity contribution in [3.63, 3.8) is 0 Å². The third-order valence-electron chi connectivity index (χ3n) is 3.67. The van der Waals surface area contributed by atoms with Crippen LogP contribution in [0.5, 0.6) is 0 Å². The van der Waals surface area contributed by atoms with Crippen molar-refractivity contribution < 1.29 is 9.50 Å². The van der Waals surface area contributed by atoms with E-state index in [0.717, 1.165) is 16.7 Å². The van der Waals surface area contributed by atoms with Gasteiger partial charge in [0.15, 0.2) is 0 Å². The second-order valence-corrected chi connectivity index (χ2v) is 6.16. The van der Waals surface area contributed by atoms with Crippen molar-refractivity contribution in [2.75, 3.05) is 0 Å². The molecule has 0 aliphatic rings. The van der Waals surface area contributed by atoms with Gasteiger partial charge in [0.05, 0.1) is 6.10 Å². The molecule has 0 aliphatic carbocycles. The van der Waals surface area contributed by atoms with Gasteiger partial charge in [0.25, 0.3) is 0 Å². The fourth-order valence-corrected chi connectivity index (χ4v) is 2.68. The minimum atomic E-state index is -0.690. The van der Waals surface area contributed by atoms with Gasteiger partial charge in [0.2, 0.25) is 0 Å². The number of benzene rings is 2. The van der Waals surface area contributed by atoms with Crippen LogP contribution in [0.2, 0.25) is 0 Å². The van der Waals surface area contributed by atoms with Crippen molar-refractivity contribution >= 4 is 15.9 Å². The summed E-state index contributed by atoms with van der Waals surface area (Å²) >= 11 is 3.23. The van der Waals surface area contributed by atoms with Crippen LogP contribution in [0.15, 0.2) is 34.8 Å². The largest absolute Gasteiger partial charge is 0.388 e. The van der Waals surface area contributed by atoms with Crippen LogP contribution in [0.25, 0.3) is 0 Å². The van der Waals surface area contributed by atoms with Crippen LogP contribution in [0.4, 0.5) is 4.39 Å². The summed E-state index contributed by atoms with van der Waals surface area (Å²) in [6.45, 7) is 6.04. The zero-order valence-corrected chi connectivity index (χ0v) is 13.5. The van der Waals surface area contributed by atoms with Crippen molar-refractivity contribution in [2.45, 2.75) is 33.3 Å². The van der Waals surface area contributed by atoms with Crippen LogP contribution in [0.3, 0.4) is 0 Å². The maximum absolute atomic E-state index is 13.8. The molecule has 1 unspecified atom stereocenters. The van der Waals surface area contributed by atoms with Gasteiger partial charge in [0, 0.05) is 10.9 Å². The van der Waals surface area contributed by atoms with Gasteiger partial charge >= 0.3 is 0 Å². The summed E-state index contributed by atoms with van der Waals surface area (Å²) in [7, 11) is 0. The molecular formula is C17H18BrFO. The third-order valence-corrected chi connectivity index (χ3v) is 4.16. The molecule has 0 amide bonds. The van der Waals surface area contributed by atoms with Crippen molar-refractivity contribution in [2.24, 2.45) is 0 Å². The highest BCUT2D eigenvalue weighted by Crippen LogP contribution is 2.26. The lowest BCUT2D eigenvalue weighted by atomic mass is 9.94. The van der Waals surface area contributed by atoms with Crippen LogP contribution in [0.1, 0.15) is 33.9 Å². The molecule has 1 nitrogen and oxygen atoms in total. The van der Waals surface area contributed by atoms with Crippen LogP contribution in [0, 0.1) is 26.6 Å². The number of aliphatic hydroxyl groups is 1. The second-order valence-electron chi connectivity index (χ2n) is 5.25. The molecule has 3 heteroatoms. The van der Waals surface area contributed by atoms with E-state index in [-0.39, 0.29) is 12.2 Å². The molecule has 0 fully saturated rings. The smallest absolute Gasteiger partial charge is 0.127 e. The average Bonchev–Trinajstić information content (AvgIpc) is 2.37. The van der Waals surface area contributed by atoms with Gasteiger partial charge in [-0.25, -0.2) is 4.39 Å². The van der Waals surface area contributed by atoms with Crippen molar-refractivity contribution in [1.29, 1.82) is 0 Å². The van der Waals surface area contributed by atoms with E-state index in [4.69, 9.17) is 0 Å². The van der Waals surface area contributed by atoms with Crippen molar-refractivity contribution in [3.8, 4) is 0 Å². The number of aliphatic hydroxyl groups excluding tert-OH is 1. The molecule has 0 saturated heterocycles. The van der Waals surface area contributed by atoms with Crippen LogP contribution in [-0.2, 0) is 6.42 Å². The quantitative estimate of drug-likeness (QED) is 0.854.